The van der Waals surface area contributed by atoms with Gasteiger partial charge in [0, 0.05) is 29.8 Å². The fourth-order valence-corrected chi connectivity index (χ4v) is 1.98. The van der Waals surface area contributed by atoms with Gasteiger partial charge >= 0.3 is 0 Å². The number of hydrazine groups is 1. The summed E-state index contributed by atoms with van der Waals surface area (Å²) in [6.07, 6.45) is 6.02. The van der Waals surface area contributed by atoms with Crippen molar-refractivity contribution < 1.29 is 0 Å². The summed E-state index contributed by atoms with van der Waals surface area (Å²) in [6, 6.07) is 5.48. The van der Waals surface area contributed by atoms with Crippen LogP contribution < -0.4 is 17.0 Å². The molecule has 0 aliphatic rings. The number of rotatable bonds is 4. The average molecular weight is 243 g/mol. The van der Waals surface area contributed by atoms with Crippen molar-refractivity contribution in [2.24, 2.45) is 5.84 Å². The summed E-state index contributed by atoms with van der Waals surface area (Å²) in [5.41, 5.74) is 12.3. The Morgan fingerprint density at radius 2 is 2.17 bits per heavy atom. The van der Waals surface area contributed by atoms with Crippen LogP contribution in [0.25, 0.3) is 0 Å². The molecular formula is C13H17N5. The van der Waals surface area contributed by atoms with E-state index in [0.717, 1.165) is 23.2 Å². The van der Waals surface area contributed by atoms with Crippen LogP contribution in [0.3, 0.4) is 0 Å². The molecule has 0 fully saturated rings. The molecule has 0 aromatic carbocycles. The summed E-state index contributed by atoms with van der Waals surface area (Å²) in [6.45, 7) is 2.08. The summed E-state index contributed by atoms with van der Waals surface area (Å²) < 4.78 is 0. The molecule has 1 atom stereocenters. The van der Waals surface area contributed by atoms with Crippen molar-refractivity contribution in [2.75, 3.05) is 5.73 Å². The van der Waals surface area contributed by atoms with Gasteiger partial charge in [-0.05, 0) is 24.1 Å². The summed E-state index contributed by atoms with van der Waals surface area (Å²) >= 11 is 0. The number of anilines is 1. The maximum Gasteiger partial charge on any atom is 0.0919 e. The van der Waals surface area contributed by atoms with Crippen LogP contribution in [0.4, 0.5) is 5.69 Å². The number of hydrogen-bond donors (Lipinski definition) is 3. The van der Waals surface area contributed by atoms with Crippen molar-refractivity contribution in [3.8, 4) is 0 Å². The van der Waals surface area contributed by atoms with E-state index in [1.807, 2.05) is 12.1 Å². The maximum absolute atomic E-state index is 5.96. The molecule has 2 heterocycles. The third-order valence-electron chi connectivity index (χ3n) is 2.95. The third kappa shape index (κ3) is 2.32. The highest BCUT2D eigenvalue weighted by atomic mass is 15.2. The van der Waals surface area contributed by atoms with Gasteiger partial charge in [-0.3, -0.25) is 15.8 Å². The molecule has 0 bridgehead atoms. The number of aryl methyl sites for hydroxylation is 1. The van der Waals surface area contributed by atoms with Gasteiger partial charge in [-0.1, -0.05) is 13.0 Å². The van der Waals surface area contributed by atoms with E-state index in [1.165, 1.54) is 0 Å². The molecule has 5 heteroatoms. The van der Waals surface area contributed by atoms with Gasteiger partial charge in [0.2, 0.25) is 0 Å². The van der Waals surface area contributed by atoms with E-state index in [1.54, 1.807) is 24.7 Å². The Bertz CT molecular complexity index is 526. The number of nitrogen functional groups attached to an aromatic ring is 1. The normalized spacial score (nSPS) is 12.3. The minimum absolute atomic E-state index is 0.241. The predicted octanol–water partition coefficient (Wildman–Crippen LogP) is 1.17. The van der Waals surface area contributed by atoms with Crippen LogP contribution in [-0.2, 0) is 6.42 Å². The third-order valence-corrected chi connectivity index (χ3v) is 2.95. The van der Waals surface area contributed by atoms with E-state index in [9.17, 15) is 0 Å². The predicted molar refractivity (Wildman–Crippen MR) is 71.4 cm³/mol. The summed E-state index contributed by atoms with van der Waals surface area (Å²) in [5, 5.41) is 0. The quantitative estimate of drug-likeness (QED) is 0.554. The van der Waals surface area contributed by atoms with E-state index in [2.05, 4.69) is 22.3 Å². The minimum atomic E-state index is -0.241. The Morgan fingerprint density at radius 1 is 1.33 bits per heavy atom. The molecule has 0 saturated heterocycles. The number of hydrogen-bond acceptors (Lipinski definition) is 5. The molecule has 5 N–H and O–H groups in total. The van der Waals surface area contributed by atoms with Crippen LogP contribution in [0.1, 0.15) is 29.8 Å². The monoisotopic (exact) mass is 243 g/mol. The molecule has 2 aromatic rings. The standard InChI is InChI=1S/C13H17N5/c1-2-9-4-3-6-17-12(9)13(18-15)10-8-16-7-5-11(10)14/h3-8,13,18H,2,15H2,1H3,(H2,14,16). The molecule has 0 spiro atoms. The second-order valence-corrected chi connectivity index (χ2v) is 4.01. The molecule has 5 nitrogen and oxygen atoms in total. The molecule has 18 heavy (non-hydrogen) atoms. The van der Waals surface area contributed by atoms with E-state index >= 15 is 0 Å². The van der Waals surface area contributed by atoms with Crippen molar-refractivity contribution in [2.45, 2.75) is 19.4 Å². The van der Waals surface area contributed by atoms with Gasteiger partial charge in [0.25, 0.3) is 0 Å². The Morgan fingerprint density at radius 3 is 2.83 bits per heavy atom. The first-order valence-corrected chi connectivity index (χ1v) is 5.87. The summed E-state index contributed by atoms with van der Waals surface area (Å²) in [5.74, 6) is 5.66. The van der Waals surface area contributed by atoms with Crippen LogP contribution in [-0.4, -0.2) is 9.97 Å². The lowest BCUT2D eigenvalue weighted by Crippen LogP contribution is -2.31. The topological polar surface area (TPSA) is 89.8 Å². The SMILES string of the molecule is CCc1cccnc1C(NN)c1cnccc1N. The number of nitrogens with two attached hydrogens (primary N) is 2. The zero-order valence-electron chi connectivity index (χ0n) is 10.3. The molecule has 0 radical (unpaired) electrons. The smallest absolute Gasteiger partial charge is 0.0919 e. The van der Waals surface area contributed by atoms with Crippen LogP contribution in [0.2, 0.25) is 0 Å². The Hall–Kier alpha value is -1.98. The fourth-order valence-electron chi connectivity index (χ4n) is 1.98. The lowest BCUT2D eigenvalue weighted by Gasteiger charge is -2.19. The number of nitrogens with one attached hydrogen (secondary N) is 1. The van der Waals surface area contributed by atoms with Gasteiger partial charge in [-0.25, -0.2) is 5.43 Å². The second-order valence-electron chi connectivity index (χ2n) is 4.01. The van der Waals surface area contributed by atoms with E-state index in [4.69, 9.17) is 11.6 Å². The zero-order valence-corrected chi connectivity index (χ0v) is 10.3. The molecule has 1 unspecified atom stereocenters. The van der Waals surface area contributed by atoms with Crippen LogP contribution >= 0.6 is 0 Å². The Balaban J connectivity index is 2.49. The Kier molecular flexibility index (Phi) is 3.86. The highest BCUT2D eigenvalue weighted by Gasteiger charge is 2.19. The molecule has 2 rings (SSSR count). The molecule has 0 amide bonds. The van der Waals surface area contributed by atoms with Crippen molar-refractivity contribution in [3.63, 3.8) is 0 Å². The number of nitrogens with zero attached hydrogens (tertiary/aromatic N) is 2. The molecule has 94 valence electrons. The van der Waals surface area contributed by atoms with Gasteiger partial charge in [0.05, 0.1) is 11.7 Å². The van der Waals surface area contributed by atoms with Gasteiger partial charge in [0.1, 0.15) is 0 Å². The van der Waals surface area contributed by atoms with Crippen molar-refractivity contribution in [1.82, 2.24) is 15.4 Å². The molecule has 2 aromatic heterocycles. The van der Waals surface area contributed by atoms with Crippen molar-refractivity contribution >= 4 is 5.69 Å². The van der Waals surface area contributed by atoms with Crippen molar-refractivity contribution in [3.05, 3.63) is 53.6 Å². The number of aromatic nitrogens is 2. The lowest BCUT2D eigenvalue weighted by molar-refractivity contribution is 0.614. The van der Waals surface area contributed by atoms with Gasteiger partial charge in [-0.2, -0.15) is 0 Å². The van der Waals surface area contributed by atoms with Crippen molar-refractivity contribution in [1.29, 1.82) is 0 Å². The van der Waals surface area contributed by atoms with E-state index < -0.39 is 0 Å². The highest BCUT2D eigenvalue weighted by Crippen LogP contribution is 2.26. The average Bonchev–Trinajstić information content (AvgIpc) is 2.42. The molecule has 0 aliphatic carbocycles. The highest BCUT2D eigenvalue weighted by molar-refractivity contribution is 5.49. The maximum atomic E-state index is 5.96. The van der Waals surface area contributed by atoms with Crippen LogP contribution in [0, 0.1) is 0 Å². The summed E-state index contributed by atoms with van der Waals surface area (Å²) in [4.78, 5) is 8.50. The van der Waals surface area contributed by atoms with Crippen LogP contribution in [0.15, 0.2) is 36.8 Å². The van der Waals surface area contributed by atoms with Gasteiger partial charge in [0.15, 0.2) is 0 Å². The van der Waals surface area contributed by atoms with Gasteiger partial charge < -0.3 is 5.73 Å². The lowest BCUT2D eigenvalue weighted by atomic mass is 9.99. The molecular weight excluding hydrogens is 226 g/mol. The summed E-state index contributed by atoms with van der Waals surface area (Å²) in [7, 11) is 0. The number of pyridine rings is 2. The first-order valence-electron chi connectivity index (χ1n) is 5.87. The largest absolute Gasteiger partial charge is 0.398 e. The van der Waals surface area contributed by atoms with Crippen LogP contribution in [0.5, 0.6) is 0 Å². The van der Waals surface area contributed by atoms with Gasteiger partial charge in [-0.15, -0.1) is 0 Å². The van der Waals surface area contributed by atoms with E-state index in [0.29, 0.717) is 5.69 Å². The molecule has 0 aliphatic heterocycles. The first-order chi connectivity index (χ1) is 8.77. The fraction of sp³-hybridized carbons (Fsp3) is 0.231. The first kappa shape index (κ1) is 12.5. The Labute approximate surface area is 106 Å². The zero-order chi connectivity index (χ0) is 13.0. The second kappa shape index (κ2) is 5.57. The van der Waals surface area contributed by atoms with E-state index in [-0.39, 0.29) is 6.04 Å². The minimum Gasteiger partial charge on any atom is -0.398 e. The molecule has 0 saturated carbocycles.